The van der Waals surface area contributed by atoms with Gasteiger partial charge in [-0.3, -0.25) is 10.1 Å². The molecule has 0 unspecified atom stereocenters. The maximum absolute atomic E-state index is 12.3. The van der Waals surface area contributed by atoms with Crippen molar-refractivity contribution in [3.05, 3.63) is 25.6 Å². The number of esters is 1. The van der Waals surface area contributed by atoms with Crippen molar-refractivity contribution < 1.29 is 32.4 Å². The molecule has 20 heavy (non-hydrogen) atoms. The van der Waals surface area contributed by atoms with E-state index in [2.05, 4.69) is 14.5 Å². The molecule has 0 atom stereocenters. The summed E-state index contributed by atoms with van der Waals surface area (Å²) in [5.41, 5.74) is -1.82. The Morgan fingerprint density at radius 2 is 2.15 bits per heavy atom. The Morgan fingerprint density at radius 3 is 2.60 bits per heavy atom. The second-order valence-electron chi connectivity index (χ2n) is 3.17. The van der Waals surface area contributed by atoms with Crippen LogP contribution in [0, 0.1) is 13.8 Å². The van der Waals surface area contributed by atoms with Gasteiger partial charge in [0.1, 0.15) is 5.56 Å². The smallest absolute Gasteiger partial charge is 0.462 e. The quantitative estimate of drug-likeness (QED) is 0.251. The Kier molecular flexibility index (Phi) is 5.08. The van der Waals surface area contributed by atoms with Crippen molar-refractivity contribution in [2.45, 2.75) is 13.3 Å². The SMILES string of the molecule is CCOC(=O)c1cnc(I)c([N+](=O)[O-])c1OC(F)(F)F. The van der Waals surface area contributed by atoms with Crippen molar-refractivity contribution in [3.63, 3.8) is 0 Å². The monoisotopic (exact) mass is 406 g/mol. The standard InChI is InChI=1S/C9H6F3IN2O5/c1-2-19-8(16)4-3-14-7(13)5(15(17)18)6(4)20-9(10,11)12/h3H,2H2,1H3. The second kappa shape index (κ2) is 6.19. The number of carbonyl (C=O) groups excluding carboxylic acids is 1. The zero-order valence-corrected chi connectivity index (χ0v) is 11.9. The molecule has 0 aliphatic carbocycles. The Morgan fingerprint density at radius 1 is 1.55 bits per heavy atom. The van der Waals surface area contributed by atoms with Crippen molar-refractivity contribution in [2.75, 3.05) is 6.61 Å². The molecule has 11 heteroatoms. The van der Waals surface area contributed by atoms with Crippen molar-refractivity contribution in [2.24, 2.45) is 0 Å². The number of nitrogens with zero attached hydrogens (tertiary/aromatic N) is 2. The first-order valence-electron chi connectivity index (χ1n) is 4.93. The van der Waals surface area contributed by atoms with Gasteiger partial charge in [0.05, 0.1) is 11.5 Å². The predicted octanol–water partition coefficient (Wildman–Crippen LogP) is 2.67. The van der Waals surface area contributed by atoms with Crippen LogP contribution in [-0.2, 0) is 4.74 Å². The van der Waals surface area contributed by atoms with Crippen LogP contribution in [0.15, 0.2) is 6.20 Å². The Hall–Kier alpha value is -1.66. The van der Waals surface area contributed by atoms with E-state index in [-0.39, 0.29) is 10.3 Å². The fourth-order valence-corrected chi connectivity index (χ4v) is 1.77. The van der Waals surface area contributed by atoms with Gasteiger partial charge in [0, 0.05) is 6.20 Å². The van der Waals surface area contributed by atoms with Crippen LogP contribution in [0.4, 0.5) is 18.9 Å². The first kappa shape index (κ1) is 16.4. The number of halogens is 4. The number of ether oxygens (including phenoxy) is 2. The van der Waals surface area contributed by atoms with Crippen LogP contribution >= 0.6 is 22.6 Å². The van der Waals surface area contributed by atoms with Gasteiger partial charge >= 0.3 is 18.0 Å². The lowest BCUT2D eigenvalue weighted by Crippen LogP contribution is -2.21. The van der Waals surface area contributed by atoms with Crippen LogP contribution in [0.2, 0.25) is 0 Å². The first-order chi connectivity index (χ1) is 9.17. The minimum atomic E-state index is -5.20. The Balaban J connectivity index is 3.48. The molecule has 110 valence electrons. The van der Waals surface area contributed by atoms with Crippen molar-refractivity contribution in [1.29, 1.82) is 0 Å². The van der Waals surface area contributed by atoms with Gasteiger partial charge in [0.15, 0.2) is 3.70 Å². The number of alkyl halides is 3. The van der Waals surface area contributed by atoms with Gasteiger partial charge in [-0.05, 0) is 29.5 Å². The predicted molar refractivity (Wildman–Crippen MR) is 66.2 cm³/mol. The van der Waals surface area contributed by atoms with E-state index >= 15 is 0 Å². The normalized spacial score (nSPS) is 11.1. The van der Waals surface area contributed by atoms with E-state index in [0.717, 1.165) is 6.20 Å². The highest BCUT2D eigenvalue weighted by Crippen LogP contribution is 2.37. The molecule has 0 spiro atoms. The Bertz CT molecular complexity index is 549. The van der Waals surface area contributed by atoms with E-state index < -0.39 is 34.3 Å². The van der Waals surface area contributed by atoms with Crippen LogP contribution in [0.5, 0.6) is 5.75 Å². The molecule has 0 aliphatic rings. The maximum Gasteiger partial charge on any atom is 0.573 e. The molecule has 0 radical (unpaired) electrons. The van der Waals surface area contributed by atoms with E-state index in [9.17, 15) is 28.1 Å². The number of pyridine rings is 1. The molecule has 0 bridgehead atoms. The summed E-state index contributed by atoms with van der Waals surface area (Å²) in [7, 11) is 0. The summed E-state index contributed by atoms with van der Waals surface area (Å²) in [6.45, 7) is 1.31. The van der Waals surface area contributed by atoms with Gasteiger partial charge in [0.2, 0.25) is 5.75 Å². The molecule has 1 heterocycles. The summed E-state index contributed by atoms with van der Waals surface area (Å²) in [6.07, 6.45) is -4.47. The number of hydrogen-bond donors (Lipinski definition) is 0. The van der Waals surface area contributed by atoms with Gasteiger partial charge in [-0.1, -0.05) is 0 Å². The van der Waals surface area contributed by atoms with Crippen molar-refractivity contribution >= 4 is 34.2 Å². The number of aromatic nitrogens is 1. The summed E-state index contributed by atoms with van der Waals surface area (Å²) in [6, 6.07) is 0. The molecule has 0 saturated heterocycles. The topological polar surface area (TPSA) is 91.6 Å². The summed E-state index contributed by atoms with van der Waals surface area (Å²) in [5, 5.41) is 10.8. The average Bonchev–Trinajstić information content (AvgIpc) is 2.26. The van der Waals surface area contributed by atoms with Gasteiger partial charge in [-0.15, -0.1) is 13.2 Å². The fourth-order valence-electron chi connectivity index (χ4n) is 1.19. The number of hydrogen-bond acceptors (Lipinski definition) is 6. The summed E-state index contributed by atoms with van der Waals surface area (Å²) >= 11 is 1.36. The number of nitro groups is 1. The Labute approximate surface area is 123 Å². The van der Waals surface area contributed by atoms with Crippen molar-refractivity contribution in [3.8, 4) is 5.75 Å². The fraction of sp³-hybridized carbons (Fsp3) is 0.333. The summed E-state index contributed by atoms with van der Waals surface area (Å²) in [4.78, 5) is 24.7. The molecular formula is C9H6F3IN2O5. The highest BCUT2D eigenvalue weighted by Gasteiger charge is 2.39. The molecule has 0 N–H and O–H groups in total. The molecule has 0 aliphatic heterocycles. The molecule has 0 aromatic carbocycles. The first-order valence-corrected chi connectivity index (χ1v) is 6.01. The van der Waals surface area contributed by atoms with Crippen LogP contribution in [0.1, 0.15) is 17.3 Å². The van der Waals surface area contributed by atoms with E-state index in [1.165, 1.54) is 29.5 Å². The lowest BCUT2D eigenvalue weighted by Gasteiger charge is -2.12. The highest BCUT2D eigenvalue weighted by atomic mass is 127. The van der Waals surface area contributed by atoms with Crippen LogP contribution in [-0.4, -0.2) is 28.8 Å². The molecular weight excluding hydrogens is 400 g/mol. The average molecular weight is 406 g/mol. The minimum Gasteiger partial charge on any atom is -0.462 e. The summed E-state index contributed by atoms with van der Waals surface area (Å²) in [5.74, 6) is -2.43. The van der Waals surface area contributed by atoms with E-state index in [0.29, 0.717) is 0 Å². The van der Waals surface area contributed by atoms with Gasteiger partial charge < -0.3 is 9.47 Å². The van der Waals surface area contributed by atoms with Gasteiger partial charge in [-0.2, -0.15) is 0 Å². The largest absolute Gasteiger partial charge is 0.573 e. The third kappa shape index (κ3) is 3.91. The lowest BCUT2D eigenvalue weighted by atomic mass is 10.2. The van der Waals surface area contributed by atoms with Gasteiger partial charge in [-0.25, -0.2) is 9.78 Å². The molecule has 0 fully saturated rings. The van der Waals surface area contributed by atoms with E-state index in [1.54, 1.807) is 0 Å². The third-order valence-corrected chi connectivity index (χ3v) is 2.65. The molecule has 0 saturated carbocycles. The zero-order valence-electron chi connectivity index (χ0n) is 9.73. The molecule has 1 aromatic heterocycles. The third-order valence-electron chi connectivity index (χ3n) is 1.86. The van der Waals surface area contributed by atoms with Gasteiger partial charge in [0.25, 0.3) is 0 Å². The molecule has 7 nitrogen and oxygen atoms in total. The van der Waals surface area contributed by atoms with Crippen LogP contribution in [0.3, 0.4) is 0 Å². The van der Waals surface area contributed by atoms with Crippen LogP contribution in [0.25, 0.3) is 0 Å². The highest BCUT2D eigenvalue weighted by molar-refractivity contribution is 14.1. The maximum atomic E-state index is 12.3. The van der Waals surface area contributed by atoms with Crippen molar-refractivity contribution in [1.82, 2.24) is 4.98 Å². The minimum absolute atomic E-state index is 0.121. The van der Waals surface area contributed by atoms with Crippen LogP contribution < -0.4 is 4.74 Å². The van der Waals surface area contributed by atoms with E-state index in [4.69, 9.17) is 0 Å². The second-order valence-corrected chi connectivity index (χ2v) is 4.19. The van der Waals surface area contributed by atoms with E-state index in [1.807, 2.05) is 0 Å². The molecule has 1 aromatic rings. The lowest BCUT2D eigenvalue weighted by molar-refractivity contribution is -0.390. The molecule has 1 rings (SSSR count). The zero-order chi connectivity index (χ0) is 15.5. The number of rotatable bonds is 4. The number of carbonyl (C=O) groups is 1. The summed E-state index contributed by atoms with van der Waals surface area (Å²) < 4.78 is 44.7. The molecule has 0 amide bonds.